The van der Waals surface area contributed by atoms with Crippen molar-refractivity contribution < 1.29 is 13.9 Å². The van der Waals surface area contributed by atoms with Gasteiger partial charge in [-0.2, -0.15) is 0 Å². The summed E-state index contributed by atoms with van der Waals surface area (Å²) in [6, 6.07) is 0. The summed E-state index contributed by atoms with van der Waals surface area (Å²) in [5.41, 5.74) is 0. The standard InChI is InChI=1S/C4H11NO3S/c1-4(6,5(2)3)9(7)8/h6H,1-3H3,(H,7,8)/p-1. The van der Waals surface area contributed by atoms with Crippen LogP contribution in [0, 0.1) is 0 Å². The summed E-state index contributed by atoms with van der Waals surface area (Å²) in [5.74, 6) is 0. The molecule has 0 aromatic carbocycles. The Kier molecular flexibility index (Phi) is 2.75. The van der Waals surface area contributed by atoms with E-state index in [9.17, 15) is 8.76 Å². The Hall–Kier alpha value is 0.0300. The summed E-state index contributed by atoms with van der Waals surface area (Å²) in [6.07, 6.45) is 0. The molecule has 0 aliphatic heterocycles. The van der Waals surface area contributed by atoms with E-state index in [4.69, 9.17) is 5.11 Å². The predicted octanol–water partition coefficient (Wildman–Crippen LogP) is -0.907. The van der Waals surface area contributed by atoms with Crippen LogP contribution in [0.1, 0.15) is 6.92 Å². The van der Waals surface area contributed by atoms with Gasteiger partial charge in [-0.1, -0.05) is 0 Å². The van der Waals surface area contributed by atoms with Crippen LogP contribution in [0.2, 0.25) is 0 Å². The van der Waals surface area contributed by atoms with E-state index in [1.165, 1.54) is 25.9 Å². The Morgan fingerprint density at radius 1 is 1.67 bits per heavy atom. The zero-order valence-electron chi connectivity index (χ0n) is 5.62. The molecule has 9 heavy (non-hydrogen) atoms. The van der Waals surface area contributed by atoms with Gasteiger partial charge in [-0.05, 0) is 32.1 Å². The highest BCUT2D eigenvalue weighted by molar-refractivity contribution is 7.80. The lowest BCUT2D eigenvalue weighted by Gasteiger charge is -2.32. The van der Waals surface area contributed by atoms with Crippen molar-refractivity contribution in [2.75, 3.05) is 14.1 Å². The molecule has 0 saturated carbocycles. The van der Waals surface area contributed by atoms with Crippen molar-refractivity contribution in [3.63, 3.8) is 0 Å². The van der Waals surface area contributed by atoms with Gasteiger partial charge in [0.25, 0.3) is 0 Å². The van der Waals surface area contributed by atoms with Crippen molar-refractivity contribution in [2.45, 2.75) is 12.0 Å². The molecule has 0 aliphatic carbocycles. The number of nitrogens with zero attached hydrogens (tertiary/aromatic N) is 1. The maximum atomic E-state index is 10.2. The molecule has 1 N–H and O–H groups in total. The highest BCUT2D eigenvalue weighted by atomic mass is 32.2. The summed E-state index contributed by atoms with van der Waals surface area (Å²) < 4.78 is 20.3. The van der Waals surface area contributed by atoms with E-state index in [2.05, 4.69) is 0 Å². The Bertz CT molecular complexity index is 123. The lowest BCUT2D eigenvalue weighted by molar-refractivity contribution is 0.0100. The molecule has 2 unspecified atom stereocenters. The molecule has 0 aliphatic rings. The van der Waals surface area contributed by atoms with Crippen LogP contribution in [-0.4, -0.2) is 37.9 Å². The first kappa shape index (κ1) is 9.03. The number of rotatable bonds is 2. The van der Waals surface area contributed by atoms with Crippen LogP contribution in [0.25, 0.3) is 0 Å². The van der Waals surface area contributed by atoms with E-state index in [-0.39, 0.29) is 0 Å². The molecule has 0 radical (unpaired) electrons. The van der Waals surface area contributed by atoms with Crippen LogP contribution < -0.4 is 0 Å². The van der Waals surface area contributed by atoms with Gasteiger partial charge in [-0.25, -0.2) is 0 Å². The minimum Gasteiger partial charge on any atom is -0.769 e. The summed E-state index contributed by atoms with van der Waals surface area (Å²) >= 11 is -2.47. The van der Waals surface area contributed by atoms with Crippen molar-refractivity contribution in [3.05, 3.63) is 0 Å². The van der Waals surface area contributed by atoms with Crippen LogP contribution in [0.4, 0.5) is 0 Å². The molecule has 0 spiro atoms. The third-order valence-corrected chi connectivity index (χ3v) is 2.14. The molecule has 0 rings (SSSR count). The SMILES string of the molecule is CN(C)C(C)(O)S(=O)[O-]. The van der Waals surface area contributed by atoms with Crippen LogP contribution in [-0.2, 0) is 11.1 Å². The molecular weight excluding hydrogens is 142 g/mol. The maximum Gasteiger partial charge on any atom is 0.179 e. The lowest BCUT2D eigenvalue weighted by Crippen LogP contribution is -2.44. The lowest BCUT2D eigenvalue weighted by atomic mass is 10.6. The average Bonchev–Trinajstić information content (AvgIpc) is 1.65. The molecule has 0 saturated heterocycles. The fraction of sp³-hybridized carbons (Fsp3) is 1.00. The first-order valence-electron chi connectivity index (χ1n) is 2.38. The van der Waals surface area contributed by atoms with Crippen molar-refractivity contribution >= 4 is 11.1 Å². The first-order valence-corrected chi connectivity index (χ1v) is 3.45. The second-order valence-corrected chi connectivity index (χ2v) is 3.31. The Labute approximate surface area is 56.8 Å². The summed E-state index contributed by atoms with van der Waals surface area (Å²) in [6.45, 7) is 1.20. The van der Waals surface area contributed by atoms with Gasteiger partial charge in [0.1, 0.15) is 0 Å². The van der Waals surface area contributed by atoms with E-state index >= 15 is 0 Å². The minimum atomic E-state index is -2.47. The summed E-state index contributed by atoms with van der Waals surface area (Å²) in [4.78, 5) is 1.20. The fourth-order valence-electron chi connectivity index (χ4n) is 0.149. The summed E-state index contributed by atoms with van der Waals surface area (Å²) in [7, 11) is 2.96. The van der Waals surface area contributed by atoms with Gasteiger partial charge in [0.05, 0.1) is 0 Å². The number of aliphatic hydroxyl groups is 1. The van der Waals surface area contributed by atoms with Gasteiger partial charge in [0.2, 0.25) is 0 Å². The largest absolute Gasteiger partial charge is 0.769 e. The van der Waals surface area contributed by atoms with Crippen molar-refractivity contribution in [2.24, 2.45) is 0 Å². The van der Waals surface area contributed by atoms with E-state index in [0.717, 1.165) is 0 Å². The molecule has 2 atom stereocenters. The second kappa shape index (κ2) is 2.74. The number of hydrogen-bond acceptors (Lipinski definition) is 4. The first-order chi connectivity index (χ1) is 3.89. The molecule has 0 heterocycles. The second-order valence-electron chi connectivity index (χ2n) is 2.06. The van der Waals surface area contributed by atoms with E-state index in [1.54, 1.807) is 0 Å². The van der Waals surface area contributed by atoms with Gasteiger partial charge in [-0.3, -0.25) is 9.11 Å². The van der Waals surface area contributed by atoms with Crippen LogP contribution in [0.15, 0.2) is 0 Å². The third kappa shape index (κ3) is 2.02. The van der Waals surface area contributed by atoms with Gasteiger partial charge in [-0.15, -0.1) is 0 Å². The van der Waals surface area contributed by atoms with Gasteiger partial charge in [0, 0.05) is 0 Å². The third-order valence-electron chi connectivity index (χ3n) is 1.15. The van der Waals surface area contributed by atoms with Crippen LogP contribution >= 0.6 is 0 Å². The van der Waals surface area contributed by atoms with Crippen molar-refractivity contribution in [1.82, 2.24) is 4.90 Å². The molecule has 56 valence electrons. The molecule has 0 bridgehead atoms. The Morgan fingerprint density at radius 3 is 2.00 bits per heavy atom. The summed E-state index contributed by atoms with van der Waals surface area (Å²) in [5, 5.41) is 7.23. The quantitative estimate of drug-likeness (QED) is 0.411. The Morgan fingerprint density at radius 2 is 2.00 bits per heavy atom. The average molecular weight is 152 g/mol. The highest BCUT2D eigenvalue weighted by Gasteiger charge is 2.23. The topological polar surface area (TPSA) is 63.6 Å². The smallest absolute Gasteiger partial charge is 0.179 e. The zero-order chi connectivity index (χ0) is 7.65. The monoisotopic (exact) mass is 152 g/mol. The van der Waals surface area contributed by atoms with Gasteiger partial charge in [0.15, 0.2) is 5.06 Å². The van der Waals surface area contributed by atoms with Crippen molar-refractivity contribution in [3.8, 4) is 0 Å². The minimum absolute atomic E-state index is 1.20. The molecule has 0 aromatic rings. The normalized spacial score (nSPS) is 21.6. The maximum absolute atomic E-state index is 10.2. The van der Waals surface area contributed by atoms with Crippen LogP contribution in [0.3, 0.4) is 0 Å². The predicted molar refractivity (Wildman–Crippen MR) is 33.2 cm³/mol. The number of hydrogen-bond donors (Lipinski definition) is 1. The van der Waals surface area contributed by atoms with E-state index in [1.807, 2.05) is 0 Å². The van der Waals surface area contributed by atoms with Gasteiger partial charge >= 0.3 is 0 Å². The zero-order valence-corrected chi connectivity index (χ0v) is 6.44. The van der Waals surface area contributed by atoms with Crippen LogP contribution in [0.5, 0.6) is 0 Å². The molecular formula is C4H10NO3S-. The molecule has 4 nitrogen and oxygen atoms in total. The van der Waals surface area contributed by atoms with Gasteiger partial charge < -0.3 is 9.66 Å². The molecule has 5 heteroatoms. The van der Waals surface area contributed by atoms with Crippen molar-refractivity contribution in [1.29, 1.82) is 0 Å². The fourth-order valence-corrected chi connectivity index (χ4v) is 0.447. The molecule has 0 amide bonds. The van der Waals surface area contributed by atoms with E-state index in [0.29, 0.717) is 0 Å². The highest BCUT2D eigenvalue weighted by Crippen LogP contribution is 2.08. The molecule has 0 aromatic heterocycles. The molecule has 0 fully saturated rings. The van der Waals surface area contributed by atoms with E-state index < -0.39 is 16.1 Å². The Balaban J connectivity index is 4.19.